The first kappa shape index (κ1) is 10.8. The maximum atomic E-state index is 10.3. The third-order valence-corrected chi connectivity index (χ3v) is 2.09. The lowest BCUT2D eigenvalue weighted by Gasteiger charge is -2.07. The van der Waals surface area contributed by atoms with Crippen molar-refractivity contribution >= 4 is 5.97 Å². The minimum atomic E-state index is -0.832. The Morgan fingerprint density at radius 1 is 1.64 bits per heavy atom. The van der Waals surface area contributed by atoms with Crippen LogP contribution in [0.3, 0.4) is 0 Å². The van der Waals surface area contributed by atoms with Crippen LogP contribution in [0.4, 0.5) is 0 Å². The molecule has 1 heterocycles. The highest BCUT2D eigenvalue weighted by molar-refractivity contribution is 5.66. The van der Waals surface area contributed by atoms with E-state index in [0.717, 1.165) is 11.3 Å². The second-order valence-electron chi connectivity index (χ2n) is 3.44. The molecule has 0 aliphatic carbocycles. The van der Waals surface area contributed by atoms with Crippen LogP contribution in [-0.4, -0.2) is 11.1 Å². The van der Waals surface area contributed by atoms with Gasteiger partial charge >= 0.3 is 5.97 Å². The van der Waals surface area contributed by atoms with Crippen LogP contribution in [-0.2, 0) is 4.79 Å². The Bertz CT molecular complexity index is 330. The third-order valence-electron chi connectivity index (χ3n) is 2.09. The Morgan fingerprint density at radius 2 is 2.29 bits per heavy atom. The molecule has 1 rings (SSSR count). The lowest BCUT2D eigenvalue weighted by Crippen LogP contribution is -2.12. The van der Waals surface area contributed by atoms with Crippen molar-refractivity contribution in [3.8, 4) is 0 Å². The molecule has 78 valence electrons. The summed E-state index contributed by atoms with van der Waals surface area (Å²) in [5.41, 5.74) is 6.79. The van der Waals surface area contributed by atoms with Gasteiger partial charge in [-0.05, 0) is 31.9 Å². The third kappa shape index (κ3) is 2.60. The Balaban J connectivity index is 2.64. The van der Waals surface area contributed by atoms with Gasteiger partial charge in [0, 0.05) is 6.42 Å². The summed E-state index contributed by atoms with van der Waals surface area (Å²) < 4.78 is 5.39. The molecule has 3 N–H and O–H groups in total. The summed E-state index contributed by atoms with van der Waals surface area (Å²) in [7, 11) is 0. The Hall–Kier alpha value is -1.29. The number of aryl methyl sites for hydroxylation is 2. The molecule has 0 aliphatic heterocycles. The van der Waals surface area contributed by atoms with Crippen molar-refractivity contribution in [2.45, 2.75) is 32.7 Å². The van der Waals surface area contributed by atoms with Crippen LogP contribution in [0.15, 0.2) is 10.5 Å². The van der Waals surface area contributed by atoms with E-state index >= 15 is 0 Å². The molecular formula is C10H15NO3. The summed E-state index contributed by atoms with van der Waals surface area (Å²) >= 11 is 0. The smallest absolute Gasteiger partial charge is 0.303 e. The van der Waals surface area contributed by atoms with Crippen LogP contribution in [0.25, 0.3) is 0 Å². The maximum absolute atomic E-state index is 10.3. The summed E-state index contributed by atoms with van der Waals surface area (Å²) in [6.07, 6.45) is 0.476. The predicted octanol–water partition coefficient (Wildman–Crippen LogP) is 1.76. The molecule has 0 fully saturated rings. The van der Waals surface area contributed by atoms with E-state index in [4.69, 9.17) is 15.3 Å². The fraction of sp³-hybridized carbons (Fsp3) is 0.500. The molecule has 0 aromatic carbocycles. The first-order valence-electron chi connectivity index (χ1n) is 4.55. The van der Waals surface area contributed by atoms with Gasteiger partial charge in [0.25, 0.3) is 0 Å². The summed E-state index contributed by atoms with van der Waals surface area (Å²) in [6.45, 7) is 3.76. The number of carboxylic acids is 1. The SMILES string of the molecule is Cc1cc(C)c(C(N)CCC(=O)O)o1. The minimum absolute atomic E-state index is 0.0698. The summed E-state index contributed by atoms with van der Waals surface area (Å²) in [5, 5.41) is 8.50. The molecule has 0 bridgehead atoms. The normalized spacial score (nSPS) is 12.8. The topological polar surface area (TPSA) is 76.5 Å². The van der Waals surface area contributed by atoms with Gasteiger partial charge in [0.05, 0.1) is 6.04 Å². The lowest BCUT2D eigenvalue weighted by atomic mass is 10.1. The Labute approximate surface area is 82.7 Å². The monoisotopic (exact) mass is 197 g/mol. The molecule has 0 radical (unpaired) electrons. The maximum Gasteiger partial charge on any atom is 0.303 e. The van der Waals surface area contributed by atoms with Gasteiger partial charge in [-0.15, -0.1) is 0 Å². The van der Waals surface area contributed by atoms with E-state index in [-0.39, 0.29) is 12.5 Å². The Kier molecular flexibility index (Phi) is 3.30. The highest BCUT2D eigenvalue weighted by atomic mass is 16.4. The summed E-state index contributed by atoms with van der Waals surface area (Å²) in [5.74, 6) is 0.674. The van der Waals surface area contributed by atoms with Crippen LogP contribution in [0, 0.1) is 13.8 Å². The molecule has 0 aliphatic rings. The van der Waals surface area contributed by atoms with Gasteiger partial charge in [-0.25, -0.2) is 0 Å². The quantitative estimate of drug-likeness (QED) is 0.771. The van der Waals surface area contributed by atoms with Crippen molar-refractivity contribution in [3.63, 3.8) is 0 Å². The zero-order valence-electron chi connectivity index (χ0n) is 8.41. The highest BCUT2D eigenvalue weighted by Gasteiger charge is 2.14. The van der Waals surface area contributed by atoms with Crippen molar-refractivity contribution in [3.05, 3.63) is 23.2 Å². The van der Waals surface area contributed by atoms with E-state index < -0.39 is 5.97 Å². The molecule has 0 saturated heterocycles. The number of furan rings is 1. The molecular weight excluding hydrogens is 182 g/mol. The largest absolute Gasteiger partial charge is 0.481 e. The molecule has 0 spiro atoms. The van der Waals surface area contributed by atoms with E-state index in [1.54, 1.807) is 0 Å². The Morgan fingerprint density at radius 3 is 2.71 bits per heavy atom. The molecule has 4 nitrogen and oxygen atoms in total. The van der Waals surface area contributed by atoms with Gasteiger partial charge in [0.15, 0.2) is 0 Å². The van der Waals surface area contributed by atoms with E-state index in [1.165, 1.54) is 0 Å². The number of aliphatic carboxylic acids is 1. The lowest BCUT2D eigenvalue weighted by molar-refractivity contribution is -0.137. The molecule has 4 heteroatoms. The molecule has 1 aromatic heterocycles. The number of carboxylic acid groups (broad SMARTS) is 1. The summed E-state index contributed by atoms with van der Waals surface area (Å²) in [4.78, 5) is 10.3. The van der Waals surface area contributed by atoms with Crippen molar-refractivity contribution in [2.75, 3.05) is 0 Å². The van der Waals surface area contributed by atoms with Crippen LogP contribution in [0.1, 0.15) is 36.0 Å². The van der Waals surface area contributed by atoms with Crippen LogP contribution in [0.2, 0.25) is 0 Å². The van der Waals surface area contributed by atoms with E-state index in [2.05, 4.69) is 0 Å². The molecule has 0 saturated carbocycles. The van der Waals surface area contributed by atoms with E-state index in [1.807, 2.05) is 19.9 Å². The van der Waals surface area contributed by atoms with Crippen LogP contribution < -0.4 is 5.73 Å². The number of hydrogen-bond acceptors (Lipinski definition) is 3. The number of nitrogens with two attached hydrogens (primary N) is 1. The van der Waals surface area contributed by atoms with Crippen molar-refractivity contribution < 1.29 is 14.3 Å². The second-order valence-corrected chi connectivity index (χ2v) is 3.44. The minimum Gasteiger partial charge on any atom is -0.481 e. The molecule has 0 amide bonds. The standard InChI is InChI=1S/C10H15NO3/c1-6-5-7(2)14-10(6)8(11)3-4-9(12)13/h5,8H,3-4,11H2,1-2H3,(H,12,13). The zero-order valence-corrected chi connectivity index (χ0v) is 8.41. The summed E-state index contributed by atoms with van der Waals surface area (Å²) in [6, 6.07) is 1.58. The number of rotatable bonds is 4. The fourth-order valence-electron chi connectivity index (χ4n) is 1.44. The average molecular weight is 197 g/mol. The molecule has 1 unspecified atom stereocenters. The number of carbonyl (C=O) groups is 1. The highest BCUT2D eigenvalue weighted by Crippen LogP contribution is 2.22. The van der Waals surface area contributed by atoms with Gasteiger partial charge in [0.2, 0.25) is 0 Å². The second kappa shape index (κ2) is 4.28. The van der Waals surface area contributed by atoms with Crippen molar-refractivity contribution in [2.24, 2.45) is 5.73 Å². The van der Waals surface area contributed by atoms with Crippen LogP contribution in [0.5, 0.6) is 0 Å². The van der Waals surface area contributed by atoms with Gasteiger partial charge in [-0.3, -0.25) is 4.79 Å². The van der Waals surface area contributed by atoms with Crippen molar-refractivity contribution in [1.29, 1.82) is 0 Å². The van der Waals surface area contributed by atoms with Gasteiger partial charge in [-0.1, -0.05) is 0 Å². The molecule has 1 aromatic rings. The van der Waals surface area contributed by atoms with Crippen LogP contribution >= 0.6 is 0 Å². The first-order chi connectivity index (χ1) is 6.50. The zero-order chi connectivity index (χ0) is 10.7. The average Bonchev–Trinajstić information content (AvgIpc) is 2.41. The van der Waals surface area contributed by atoms with E-state index in [0.29, 0.717) is 12.2 Å². The molecule has 14 heavy (non-hydrogen) atoms. The van der Waals surface area contributed by atoms with Gasteiger partial charge in [-0.2, -0.15) is 0 Å². The fourth-order valence-corrected chi connectivity index (χ4v) is 1.44. The van der Waals surface area contributed by atoms with Crippen molar-refractivity contribution in [1.82, 2.24) is 0 Å². The van der Waals surface area contributed by atoms with Gasteiger partial charge in [0.1, 0.15) is 11.5 Å². The predicted molar refractivity (Wildman–Crippen MR) is 52.0 cm³/mol. The first-order valence-corrected chi connectivity index (χ1v) is 4.55. The van der Waals surface area contributed by atoms with E-state index in [9.17, 15) is 4.79 Å². The number of hydrogen-bond donors (Lipinski definition) is 2. The molecule has 1 atom stereocenters. The van der Waals surface area contributed by atoms with Gasteiger partial charge < -0.3 is 15.3 Å².